The van der Waals surface area contributed by atoms with E-state index in [4.69, 9.17) is 0 Å². The molecule has 0 atom stereocenters. The molecule has 0 radical (unpaired) electrons. The molecule has 0 heterocycles. The molecular formula is C17H17Br2N3O2. The number of hydrogen-bond donors (Lipinski definition) is 2. The number of para-hydroxylation sites is 2. The van der Waals surface area contributed by atoms with E-state index in [0.717, 1.165) is 8.95 Å². The topological polar surface area (TPSA) is 61.4 Å². The van der Waals surface area contributed by atoms with Gasteiger partial charge in [-0.15, -0.1) is 0 Å². The van der Waals surface area contributed by atoms with E-state index in [-0.39, 0.29) is 24.9 Å². The molecule has 2 aromatic carbocycles. The summed E-state index contributed by atoms with van der Waals surface area (Å²) in [5.74, 6) is -0.365. The number of likely N-dealkylation sites (N-methyl/N-ethyl adjacent to an activating group) is 1. The molecule has 0 aliphatic heterocycles. The van der Waals surface area contributed by atoms with Gasteiger partial charge >= 0.3 is 0 Å². The molecule has 24 heavy (non-hydrogen) atoms. The van der Waals surface area contributed by atoms with E-state index >= 15 is 0 Å². The number of anilines is 2. The van der Waals surface area contributed by atoms with Crippen LogP contribution in [0.1, 0.15) is 0 Å². The van der Waals surface area contributed by atoms with Gasteiger partial charge in [0, 0.05) is 8.95 Å². The van der Waals surface area contributed by atoms with Crippen molar-refractivity contribution in [2.24, 2.45) is 0 Å². The standard InChI is InChI=1S/C17H17Br2N3O2/c1-22(10-16(23)20-14-8-4-2-6-12(14)18)11-17(24)21-15-9-5-3-7-13(15)19/h2-9H,10-11H2,1H3,(H,20,23)(H,21,24). The highest BCUT2D eigenvalue weighted by molar-refractivity contribution is 9.11. The number of rotatable bonds is 6. The van der Waals surface area contributed by atoms with Crippen molar-refractivity contribution in [1.29, 1.82) is 0 Å². The summed E-state index contributed by atoms with van der Waals surface area (Å²) in [6, 6.07) is 14.7. The minimum Gasteiger partial charge on any atom is -0.324 e. The normalized spacial score (nSPS) is 10.5. The maximum Gasteiger partial charge on any atom is 0.238 e. The second-order valence-electron chi connectivity index (χ2n) is 5.23. The van der Waals surface area contributed by atoms with Gasteiger partial charge in [0.05, 0.1) is 24.5 Å². The van der Waals surface area contributed by atoms with Crippen molar-refractivity contribution in [3.8, 4) is 0 Å². The molecule has 2 rings (SSSR count). The van der Waals surface area contributed by atoms with Crippen molar-refractivity contribution in [3.05, 3.63) is 57.5 Å². The van der Waals surface area contributed by atoms with Gasteiger partial charge in [0.25, 0.3) is 0 Å². The summed E-state index contributed by atoms with van der Waals surface area (Å²) in [6.45, 7) is 0.232. The molecular weight excluding hydrogens is 438 g/mol. The van der Waals surface area contributed by atoms with Gasteiger partial charge in [0.2, 0.25) is 11.8 Å². The van der Waals surface area contributed by atoms with Crippen LogP contribution in [0.5, 0.6) is 0 Å². The van der Waals surface area contributed by atoms with Crippen molar-refractivity contribution >= 4 is 55.0 Å². The van der Waals surface area contributed by atoms with Gasteiger partial charge in [-0.1, -0.05) is 24.3 Å². The third-order valence-corrected chi connectivity index (χ3v) is 4.51. The van der Waals surface area contributed by atoms with E-state index in [1.54, 1.807) is 11.9 Å². The van der Waals surface area contributed by atoms with Gasteiger partial charge in [-0.25, -0.2) is 0 Å². The Hall–Kier alpha value is -1.70. The third-order valence-electron chi connectivity index (χ3n) is 3.12. The van der Waals surface area contributed by atoms with Crippen LogP contribution >= 0.6 is 31.9 Å². The van der Waals surface area contributed by atoms with E-state index < -0.39 is 0 Å². The highest BCUT2D eigenvalue weighted by atomic mass is 79.9. The van der Waals surface area contributed by atoms with Crippen molar-refractivity contribution in [2.45, 2.75) is 0 Å². The Labute approximate surface area is 157 Å². The Morgan fingerprint density at radius 1 is 0.833 bits per heavy atom. The molecule has 0 bridgehead atoms. The summed E-state index contributed by atoms with van der Waals surface area (Å²) in [5.41, 5.74) is 1.40. The maximum atomic E-state index is 12.1. The molecule has 126 valence electrons. The zero-order valence-corrected chi connectivity index (χ0v) is 16.2. The van der Waals surface area contributed by atoms with Gasteiger partial charge in [-0.2, -0.15) is 0 Å². The summed E-state index contributed by atoms with van der Waals surface area (Å²) in [6.07, 6.45) is 0. The lowest BCUT2D eigenvalue weighted by molar-refractivity contribution is -0.119. The number of amides is 2. The Morgan fingerprint density at radius 2 is 1.21 bits per heavy atom. The van der Waals surface area contributed by atoms with Crippen LogP contribution in [0.3, 0.4) is 0 Å². The number of benzene rings is 2. The third kappa shape index (κ3) is 5.74. The number of hydrogen-bond acceptors (Lipinski definition) is 3. The minimum atomic E-state index is -0.182. The molecule has 0 aliphatic rings. The molecule has 5 nitrogen and oxygen atoms in total. The lowest BCUT2D eigenvalue weighted by Gasteiger charge is -2.16. The van der Waals surface area contributed by atoms with E-state index in [2.05, 4.69) is 42.5 Å². The molecule has 7 heteroatoms. The van der Waals surface area contributed by atoms with Crippen LogP contribution in [0.4, 0.5) is 11.4 Å². The van der Waals surface area contributed by atoms with Crippen LogP contribution in [0.25, 0.3) is 0 Å². The fourth-order valence-corrected chi connectivity index (χ4v) is 2.82. The molecule has 0 aromatic heterocycles. The Morgan fingerprint density at radius 3 is 1.58 bits per heavy atom. The van der Waals surface area contributed by atoms with Crippen LogP contribution in [-0.2, 0) is 9.59 Å². The average molecular weight is 455 g/mol. The van der Waals surface area contributed by atoms with Crippen LogP contribution < -0.4 is 10.6 Å². The second kappa shape index (κ2) is 8.96. The van der Waals surface area contributed by atoms with Crippen LogP contribution in [0, 0.1) is 0 Å². The van der Waals surface area contributed by atoms with E-state index in [1.807, 2.05) is 48.5 Å². The van der Waals surface area contributed by atoms with Crippen molar-refractivity contribution < 1.29 is 9.59 Å². The summed E-state index contributed by atoms with van der Waals surface area (Å²) >= 11 is 6.76. The van der Waals surface area contributed by atoms with Crippen molar-refractivity contribution in [3.63, 3.8) is 0 Å². The van der Waals surface area contributed by atoms with Gasteiger partial charge in [0.15, 0.2) is 0 Å². The highest BCUT2D eigenvalue weighted by Crippen LogP contribution is 2.21. The van der Waals surface area contributed by atoms with Crippen LogP contribution in [0.2, 0.25) is 0 Å². The highest BCUT2D eigenvalue weighted by Gasteiger charge is 2.12. The van der Waals surface area contributed by atoms with Gasteiger partial charge in [-0.3, -0.25) is 14.5 Å². The van der Waals surface area contributed by atoms with Gasteiger partial charge in [-0.05, 0) is 63.2 Å². The molecule has 0 aliphatic carbocycles. The Bertz CT molecular complexity index is 676. The lowest BCUT2D eigenvalue weighted by Crippen LogP contribution is -2.36. The quantitative estimate of drug-likeness (QED) is 0.699. The molecule has 0 fully saturated rings. The fraction of sp³-hybridized carbons (Fsp3) is 0.176. The van der Waals surface area contributed by atoms with Crippen LogP contribution in [0.15, 0.2) is 57.5 Å². The fourth-order valence-electron chi connectivity index (χ4n) is 2.05. The summed E-state index contributed by atoms with van der Waals surface area (Å²) in [7, 11) is 1.72. The summed E-state index contributed by atoms with van der Waals surface area (Å²) in [4.78, 5) is 25.8. The molecule has 0 spiro atoms. The maximum absolute atomic E-state index is 12.1. The first-order chi connectivity index (χ1) is 11.5. The van der Waals surface area contributed by atoms with Crippen molar-refractivity contribution in [2.75, 3.05) is 30.8 Å². The number of carbonyl (C=O) groups excluding carboxylic acids is 2. The van der Waals surface area contributed by atoms with E-state index in [1.165, 1.54) is 0 Å². The predicted octanol–water partition coefficient (Wildman–Crippen LogP) is 3.72. The largest absolute Gasteiger partial charge is 0.324 e. The van der Waals surface area contributed by atoms with Crippen molar-refractivity contribution in [1.82, 2.24) is 4.90 Å². The summed E-state index contributed by atoms with van der Waals surface area (Å²) < 4.78 is 1.63. The second-order valence-corrected chi connectivity index (χ2v) is 6.94. The molecule has 2 aromatic rings. The first kappa shape index (κ1) is 18.6. The molecule has 2 amide bonds. The Kier molecular flexibility index (Phi) is 6.96. The predicted molar refractivity (Wildman–Crippen MR) is 103 cm³/mol. The van der Waals surface area contributed by atoms with E-state index in [0.29, 0.717) is 11.4 Å². The zero-order valence-electron chi connectivity index (χ0n) is 13.1. The molecule has 0 unspecified atom stereocenters. The first-order valence-corrected chi connectivity index (χ1v) is 8.81. The average Bonchev–Trinajstić information content (AvgIpc) is 2.51. The van der Waals surface area contributed by atoms with Gasteiger partial charge < -0.3 is 10.6 Å². The smallest absolute Gasteiger partial charge is 0.238 e. The zero-order chi connectivity index (χ0) is 17.5. The first-order valence-electron chi connectivity index (χ1n) is 7.23. The number of nitrogens with zero attached hydrogens (tertiary/aromatic N) is 1. The number of halogens is 2. The lowest BCUT2D eigenvalue weighted by atomic mass is 10.3. The monoisotopic (exact) mass is 453 g/mol. The number of carbonyl (C=O) groups is 2. The van der Waals surface area contributed by atoms with E-state index in [9.17, 15) is 9.59 Å². The molecule has 2 N–H and O–H groups in total. The molecule has 0 saturated carbocycles. The number of nitrogens with one attached hydrogen (secondary N) is 2. The molecule has 0 saturated heterocycles. The minimum absolute atomic E-state index is 0.116. The van der Waals surface area contributed by atoms with Gasteiger partial charge in [0.1, 0.15) is 0 Å². The Balaban J connectivity index is 1.83. The van der Waals surface area contributed by atoms with Crippen LogP contribution in [-0.4, -0.2) is 36.9 Å². The SMILES string of the molecule is CN(CC(=O)Nc1ccccc1Br)CC(=O)Nc1ccccc1Br. The summed E-state index contributed by atoms with van der Waals surface area (Å²) in [5, 5.41) is 5.61.